The van der Waals surface area contributed by atoms with Gasteiger partial charge in [-0.25, -0.2) is 0 Å². The molecule has 0 atom stereocenters. The fraction of sp³-hybridized carbons (Fsp3) is 0.125. The summed E-state index contributed by atoms with van der Waals surface area (Å²) in [5, 5.41) is 11.2. The third-order valence-electron chi connectivity index (χ3n) is 1.32. The topological polar surface area (TPSA) is 37.3 Å². The van der Waals surface area contributed by atoms with Crippen molar-refractivity contribution in [2.75, 3.05) is 0 Å². The quantitative estimate of drug-likeness (QED) is 0.507. The molecule has 0 bridgehead atoms. The Morgan fingerprint density at radius 1 is 1.50 bits per heavy atom. The Morgan fingerprint density at radius 2 is 2.14 bits per heavy atom. The molecule has 0 unspecified atom stereocenters. The van der Waals surface area contributed by atoms with E-state index in [1.807, 2.05) is 0 Å². The monoisotopic (exact) mass is 270 g/mol. The summed E-state index contributed by atoms with van der Waals surface area (Å²) in [7, 11) is 0. The number of ketones is 1. The Balaban J connectivity index is 2.85. The molecule has 0 radical (unpaired) electrons. The predicted molar refractivity (Wildman–Crippen MR) is 60.2 cm³/mol. The second kappa shape index (κ2) is 4.53. The fourth-order valence-electron chi connectivity index (χ4n) is 0.701. The highest BCUT2D eigenvalue weighted by atomic mass is 35.6. The largest absolute Gasteiger partial charge is 0.506 e. The molecule has 0 amide bonds. The van der Waals surface area contributed by atoms with Crippen LogP contribution in [0.5, 0.6) is 0 Å². The van der Waals surface area contributed by atoms with Gasteiger partial charge in [-0.15, -0.1) is 11.3 Å². The number of halogens is 3. The SMILES string of the molecule is O=C(C=C(O)c1cccs1)C(Cl)(Cl)Cl. The molecule has 76 valence electrons. The van der Waals surface area contributed by atoms with Crippen LogP contribution in [0.4, 0.5) is 0 Å². The molecule has 0 fully saturated rings. The van der Waals surface area contributed by atoms with E-state index in [1.54, 1.807) is 17.5 Å². The Morgan fingerprint density at radius 3 is 2.57 bits per heavy atom. The summed E-state index contributed by atoms with van der Waals surface area (Å²) in [5.41, 5.74) is 0. The molecule has 2 nitrogen and oxygen atoms in total. The smallest absolute Gasteiger partial charge is 0.252 e. The van der Waals surface area contributed by atoms with Crippen LogP contribution in [0.25, 0.3) is 5.76 Å². The summed E-state index contributed by atoms with van der Waals surface area (Å²) in [5.74, 6) is -0.968. The van der Waals surface area contributed by atoms with Gasteiger partial charge in [0, 0.05) is 6.08 Å². The first-order valence-electron chi connectivity index (χ1n) is 3.47. The van der Waals surface area contributed by atoms with E-state index in [0.29, 0.717) is 4.88 Å². The van der Waals surface area contributed by atoms with E-state index in [2.05, 4.69) is 0 Å². The van der Waals surface area contributed by atoms with Crippen LogP contribution in [0.1, 0.15) is 4.88 Å². The summed E-state index contributed by atoms with van der Waals surface area (Å²) < 4.78 is -2.02. The minimum atomic E-state index is -2.02. The highest BCUT2D eigenvalue weighted by Gasteiger charge is 2.29. The number of rotatable bonds is 2. The zero-order chi connectivity index (χ0) is 10.8. The van der Waals surface area contributed by atoms with Crippen molar-refractivity contribution in [3.05, 3.63) is 28.5 Å². The van der Waals surface area contributed by atoms with Gasteiger partial charge < -0.3 is 5.11 Å². The van der Waals surface area contributed by atoms with E-state index >= 15 is 0 Å². The van der Waals surface area contributed by atoms with Gasteiger partial charge in [0.25, 0.3) is 3.79 Å². The van der Waals surface area contributed by atoms with E-state index in [1.165, 1.54) is 11.3 Å². The summed E-state index contributed by atoms with van der Waals surface area (Å²) in [6.07, 6.45) is 0.902. The molecule has 6 heteroatoms. The van der Waals surface area contributed by atoms with Gasteiger partial charge in [0.15, 0.2) is 0 Å². The molecule has 0 aliphatic heterocycles. The average Bonchev–Trinajstić information content (AvgIpc) is 2.53. The maximum absolute atomic E-state index is 11.1. The van der Waals surface area contributed by atoms with Crippen LogP contribution < -0.4 is 0 Å². The lowest BCUT2D eigenvalue weighted by molar-refractivity contribution is -0.113. The minimum absolute atomic E-state index is 0.198. The molecule has 0 aliphatic rings. The molecule has 1 heterocycles. The molecule has 1 aromatic rings. The first kappa shape index (κ1) is 11.9. The minimum Gasteiger partial charge on any atom is -0.506 e. The zero-order valence-corrected chi connectivity index (χ0v) is 9.79. The van der Waals surface area contributed by atoms with Crippen molar-refractivity contribution in [1.29, 1.82) is 0 Å². The van der Waals surface area contributed by atoms with Crippen molar-refractivity contribution in [2.24, 2.45) is 0 Å². The molecule has 1 rings (SSSR count). The second-order valence-electron chi connectivity index (χ2n) is 2.37. The summed E-state index contributed by atoms with van der Waals surface area (Å²) in [4.78, 5) is 11.7. The number of aliphatic hydroxyl groups excluding tert-OH is 1. The lowest BCUT2D eigenvalue weighted by Crippen LogP contribution is -2.16. The molecule has 0 saturated carbocycles. The Kier molecular flexibility index (Phi) is 3.84. The van der Waals surface area contributed by atoms with E-state index < -0.39 is 9.58 Å². The molecule has 0 spiro atoms. The van der Waals surface area contributed by atoms with Crippen LogP contribution >= 0.6 is 46.1 Å². The van der Waals surface area contributed by atoms with Gasteiger partial charge in [0.1, 0.15) is 5.76 Å². The number of carbonyl (C=O) groups is 1. The Bertz CT molecular complexity index is 351. The lowest BCUT2D eigenvalue weighted by atomic mass is 10.3. The zero-order valence-electron chi connectivity index (χ0n) is 6.71. The van der Waals surface area contributed by atoms with Gasteiger partial charge in [-0.1, -0.05) is 40.9 Å². The molecule has 1 N–H and O–H groups in total. The second-order valence-corrected chi connectivity index (χ2v) is 5.60. The van der Waals surface area contributed by atoms with E-state index in [9.17, 15) is 9.90 Å². The van der Waals surface area contributed by atoms with Crippen molar-refractivity contribution in [3.63, 3.8) is 0 Å². The van der Waals surface area contributed by atoms with E-state index in [0.717, 1.165) is 6.08 Å². The fourth-order valence-corrected chi connectivity index (χ4v) is 1.51. The van der Waals surface area contributed by atoms with Crippen LogP contribution in [0, 0.1) is 0 Å². The number of carbonyl (C=O) groups excluding carboxylic acids is 1. The van der Waals surface area contributed by atoms with Crippen molar-refractivity contribution >= 4 is 57.7 Å². The number of hydrogen-bond donors (Lipinski definition) is 1. The number of thiophene rings is 1. The van der Waals surface area contributed by atoms with Crippen molar-refractivity contribution in [1.82, 2.24) is 0 Å². The summed E-state index contributed by atoms with van der Waals surface area (Å²) >= 11 is 17.2. The summed E-state index contributed by atoms with van der Waals surface area (Å²) in [6.45, 7) is 0. The van der Waals surface area contributed by atoms with Crippen LogP contribution in [-0.2, 0) is 4.79 Å². The summed E-state index contributed by atoms with van der Waals surface area (Å²) in [6, 6.07) is 3.39. The van der Waals surface area contributed by atoms with Gasteiger partial charge in [-0.05, 0) is 11.4 Å². The van der Waals surface area contributed by atoms with Gasteiger partial charge in [-0.2, -0.15) is 0 Å². The Hall–Kier alpha value is -0.220. The first-order valence-corrected chi connectivity index (χ1v) is 5.48. The van der Waals surface area contributed by atoms with Crippen molar-refractivity contribution in [3.8, 4) is 0 Å². The highest BCUT2D eigenvalue weighted by molar-refractivity contribution is 7.11. The van der Waals surface area contributed by atoms with Gasteiger partial charge in [0.2, 0.25) is 5.78 Å². The van der Waals surface area contributed by atoms with E-state index in [-0.39, 0.29) is 5.76 Å². The standard InChI is InChI=1S/C8H5Cl3O2S/c9-8(10,11)7(13)4-5(12)6-2-1-3-14-6/h1-4,12H. The molecule has 14 heavy (non-hydrogen) atoms. The molecule has 0 saturated heterocycles. The molecule has 0 aliphatic carbocycles. The van der Waals surface area contributed by atoms with Crippen molar-refractivity contribution in [2.45, 2.75) is 3.79 Å². The normalized spacial score (nSPS) is 12.9. The van der Waals surface area contributed by atoms with Crippen LogP contribution in [0.2, 0.25) is 0 Å². The average molecular weight is 272 g/mol. The van der Waals surface area contributed by atoms with Crippen molar-refractivity contribution < 1.29 is 9.90 Å². The number of aliphatic hydroxyl groups is 1. The Labute approximate surface area is 99.7 Å². The number of alkyl halides is 3. The third-order valence-corrected chi connectivity index (χ3v) is 2.77. The van der Waals surface area contributed by atoms with Crippen LogP contribution in [0.3, 0.4) is 0 Å². The highest BCUT2D eigenvalue weighted by Crippen LogP contribution is 2.29. The molecular weight excluding hydrogens is 267 g/mol. The number of hydrogen-bond acceptors (Lipinski definition) is 3. The van der Waals surface area contributed by atoms with E-state index in [4.69, 9.17) is 34.8 Å². The maximum atomic E-state index is 11.1. The maximum Gasteiger partial charge on any atom is 0.252 e. The molecule has 1 aromatic heterocycles. The van der Waals surface area contributed by atoms with Crippen LogP contribution in [-0.4, -0.2) is 14.7 Å². The van der Waals surface area contributed by atoms with Crippen LogP contribution in [0.15, 0.2) is 23.6 Å². The van der Waals surface area contributed by atoms with Gasteiger partial charge >= 0.3 is 0 Å². The van der Waals surface area contributed by atoms with Gasteiger partial charge in [0.05, 0.1) is 4.88 Å². The third kappa shape index (κ3) is 3.17. The number of allylic oxidation sites excluding steroid dienone is 1. The predicted octanol–water partition coefficient (Wildman–Crippen LogP) is 3.59. The first-order chi connectivity index (χ1) is 6.41. The lowest BCUT2D eigenvalue weighted by Gasteiger charge is -2.05. The molecular formula is C8H5Cl3O2S. The molecule has 0 aromatic carbocycles. The van der Waals surface area contributed by atoms with Gasteiger partial charge in [-0.3, -0.25) is 4.79 Å².